The smallest absolute Gasteiger partial charge is 0.229 e. The molecule has 4 aliphatic rings. The zero-order valence-corrected chi connectivity index (χ0v) is 31.8. The SMILES string of the molecule is CCCCCCCC1N(c2ncccn2)C(c2ncccn2)(N2CCNCC2)C(c2ncccn2)(N2CCCCC2)OC1(c1ccccn1)N1CCCC1. The summed E-state index contributed by atoms with van der Waals surface area (Å²) >= 11 is 0. The maximum atomic E-state index is 8.55. The van der Waals surface area contributed by atoms with Crippen LogP contribution in [0.5, 0.6) is 0 Å². The fraction of sp³-hybridized carbons (Fsp3) is 0.585. The molecule has 0 aromatic carbocycles. The second-order valence-electron chi connectivity index (χ2n) is 15.1. The summed E-state index contributed by atoms with van der Waals surface area (Å²) in [6.07, 6.45) is 25.0. The van der Waals surface area contributed by atoms with Crippen molar-refractivity contribution in [1.82, 2.24) is 54.9 Å². The maximum Gasteiger partial charge on any atom is 0.229 e. The number of rotatable bonds is 13. The Bertz CT molecular complexity index is 1720. The topological polar surface area (TPSA) is 124 Å². The second kappa shape index (κ2) is 16.8. The van der Waals surface area contributed by atoms with Crippen LogP contribution in [-0.4, -0.2) is 108 Å². The highest BCUT2D eigenvalue weighted by atomic mass is 16.6. The van der Waals surface area contributed by atoms with Crippen LogP contribution in [0.2, 0.25) is 0 Å². The molecule has 13 heteroatoms. The molecule has 4 aromatic heterocycles. The van der Waals surface area contributed by atoms with E-state index in [4.69, 9.17) is 39.6 Å². The van der Waals surface area contributed by atoms with E-state index in [0.717, 1.165) is 109 Å². The van der Waals surface area contributed by atoms with Gasteiger partial charge in [0.1, 0.15) is 0 Å². The van der Waals surface area contributed by atoms with Crippen LogP contribution in [0.4, 0.5) is 5.95 Å². The lowest BCUT2D eigenvalue weighted by molar-refractivity contribution is -0.380. The summed E-state index contributed by atoms with van der Waals surface area (Å²) in [6, 6.07) is 11.7. The van der Waals surface area contributed by atoms with E-state index in [0.29, 0.717) is 17.6 Å². The highest BCUT2D eigenvalue weighted by Crippen LogP contribution is 2.62. The molecule has 0 radical (unpaired) electrons. The van der Waals surface area contributed by atoms with E-state index in [2.05, 4.69) is 44.0 Å². The standard InChI is InChI=1S/C41H56N12O/c1-2-3-4-5-7-18-35-39(50-28-12-13-29-50,34-17-8-9-19-43-34)54-41(37-46-22-15-23-47-37,52-30-10-6-11-31-52)40(36-44-20-14-21-45-36,51-32-26-42-27-33-51)53(35)38-48-24-16-25-49-38/h8-9,14-17,19-25,35,42H,2-7,10-13,18,26-33H2,1H3. The number of nitrogens with zero attached hydrogens (tertiary/aromatic N) is 11. The van der Waals surface area contributed by atoms with Gasteiger partial charge in [-0.25, -0.2) is 29.9 Å². The fourth-order valence-electron chi connectivity index (χ4n) is 9.72. The van der Waals surface area contributed by atoms with E-state index in [-0.39, 0.29) is 6.04 Å². The van der Waals surface area contributed by atoms with Crippen molar-refractivity contribution in [3.05, 3.63) is 97.1 Å². The minimum atomic E-state index is -1.34. The average molecular weight is 733 g/mol. The van der Waals surface area contributed by atoms with E-state index in [9.17, 15) is 0 Å². The van der Waals surface area contributed by atoms with Gasteiger partial charge in [0.25, 0.3) is 0 Å². The van der Waals surface area contributed by atoms with E-state index in [1.165, 1.54) is 19.3 Å². The maximum absolute atomic E-state index is 8.55. The Kier molecular flexibility index (Phi) is 11.5. The molecular formula is C41H56N12O. The zero-order chi connectivity index (χ0) is 36.7. The Labute approximate surface area is 320 Å². The summed E-state index contributed by atoms with van der Waals surface area (Å²) in [6.45, 7) is 8.64. The average Bonchev–Trinajstić information content (AvgIpc) is 3.81. The highest BCUT2D eigenvalue weighted by Gasteiger charge is 2.77. The van der Waals surface area contributed by atoms with Gasteiger partial charge in [0, 0.05) is 95.7 Å². The molecule has 4 unspecified atom stereocenters. The van der Waals surface area contributed by atoms with Gasteiger partial charge < -0.3 is 15.0 Å². The first-order valence-corrected chi connectivity index (χ1v) is 20.5. The first kappa shape index (κ1) is 36.9. The molecular weight excluding hydrogens is 677 g/mol. The number of likely N-dealkylation sites (tertiary alicyclic amines) is 2. The monoisotopic (exact) mass is 732 g/mol. The minimum absolute atomic E-state index is 0.296. The van der Waals surface area contributed by atoms with Gasteiger partial charge in [-0.2, -0.15) is 0 Å². The van der Waals surface area contributed by atoms with Crippen molar-refractivity contribution in [2.75, 3.05) is 57.3 Å². The van der Waals surface area contributed by atoms with Crippen molar-refractivity contribution in [3.8, 4) is 0 Å². The molecule has 0 spiro atoms. The molecule has 0 saturated carbocycles. The highest BCUT2D eigenvalue weighted by molar-refractivity contribution is 5.48. The molecule has 0 amide bonds. The Morgan fingerprint density at radius 1 is 0.611 bits per heavy atom. The van der Waals surface area contributed by atoms with Gasteiger partial charge in [-0.05, 0) is 62.4 Å². The number of hydrogen-bond acceptors (Lipinski definition) is 13. The van der Waals surface area contributed by atoms with Gasteiger partial charge >= 0.3 is 0 Å². The summed E-state index contributed by atoms with van der Waals surface area (Å²) < 4.78 is 8.55. The lowest BCUT2D eigenvalue weighted by Crippen LogP contribution is -2.86. The molecule has 13 nitrogen and oxygen atoms in total. The Balaban J connectivity index is 1.53. The summed E-state index contributed by atoms with van der Waals surface area (Å²) in [7, 11) is 0. The first-order chi connectivity index (χ1) is 26.8. The number of hydrogen-bond donors (Lipinski definition) is 1. The molecule has 4 saturated heterocycles. The molecule has 4 fully saturated rings. The largest absolute Gasteiger partial charge is 0.319 e. The number of unbranched alkanes of at least 4 members (excludes halogenated alkanes) is 4. The molecule has 4 aromatic rings. The molecule has 1 N–H and O–H groups in total. The van der Waals surface area contributed by atoms with E-state index >= 15 is 0 Å². The van der Waals surface area contributed by atoms with Gasteiger partial charge in [0.15, 0.2) is 17.4 Å². The first-order valence-electron chi connectivity index (χ1n) is 20.5. The van der Waals surface area contributed by atoms with Gasteiger partial charge in [0.2, 0.25) is 17.3 Å². The number of anilines is 1. The number of morpholine rings is 1. The van der Waals surface area contributed by atoms with E-state index < -0.39 is 17.1 Å². The quantitative estimate of drug-likeness (QED) is 0.184. The Morgan fingerprint density at radius 2 is 1.20 bits per heavy atom. The predicted molar refractivity (Wildman–Crippen MR) is 207 cm³/mol. The van der Waals surface area contributed by atoms with Crippen molar-refractivity contribution in [1.29, 1.82) is 0 Å². The summed E-state index contributed by atoms with van der Waals surface area (Å²) in [5.41, 5.74) is -2.70. The fourth-order valence-corrected chi connectivity index (χ4v) is 9.72. The summed E-state index contributed by atoms with van der Waals surface area (Å²) in [5, 5.41) is 3.64. The zero-order valence-electron chi connectivity index (χ0n) is 31.8. The van der Waals surface area contributed by atoms with Crippen LogP contribution in [0.25, 0.3) is 0 Å². The van der Waals surface area contributed by atoms with E-state index in [1.54, 1.807) is 0 Å². The predicted octanol–water partition coefficient (Wildman–Crippen LogP) is 5.06. The van der Waals surface area contributed by atoms with Crippen LogP contribution in [0.1, 0.15) is 94.9 Å². The summed E-state index contributed by atoms with van der Waals surface area (Å²) in [4.78, 5) is 46.7. The minimum Gasteiger partial charge on any atom is -0.319 e. The van der Waals surface area contributed by atoms with Crippen LogP contribution in [0.15, 0.2) is 79.8 Å². The van der Waals surface area contributed by atoms with Crippen LogP contribution < -0.4 is 10.2 Å². The van der Waals surface area contributed by atoms with Crippen LogP contribution in [0.3, 0.4) is 0 Å². The number of aromatic nitrogens is 7. The molecule has 0 aliphatic carbocycles. The molecule has 4 aliphatic heterocycles. The Morgan fingerprint density at radius 3 is 1.85 bits per heavy atom. The third-order valence-electron chi connectivity index (χ3n) is 12.0. The van der Waals surface area contributed by atoms with Crippen molar-refractivity contribution < 1.29 is 4.74 Å². The third kappa shape index (κ3) is 6.37. The molecule has 4 atom stereocenters. The van der Waals surface area contributed by atoms with Crippen molar-refractivity contribution in [2.45, 2.75) is 101 Å². The number of piperidine rings is 1. The second-order valence-corrected chi connectivity index (χ2v) is 15.1. The molecule has 286 valence electrons. The normalized spacial score (nSPS) is 28.7. The van der Waals surface area contributed by atoms with Crippen LogP contribution in [-0.2, 0) is 21.8 Å². The molecule has 54 heavy (non-hydrogen) atoms. The number of piperazine rings is 1. The van der Waals surface area contributed by atoms with Gasteiger partial charge in [0.05, 0.1) is 11.7 Å². The summed E-state index contributed by atoms with van der Waals surface area (Å²) in [5.74, 6) is 1.83. The molecule has 8 heterocycles. The molecule has 8 rings (SSSR count). The third-order valence-corrected chi connectivity index (χ3v) is 12.0. The van der Waals surface area contributed by atoms with Crippen LogP contribution in [0, 0.1) is 0 Å². The van der Waals surface area contributed by atoms with Crippen molar-refractivity contribution >= 4 is 5.95 Å². The lowest BCUT2D eigenvalue weighted by atomic mass is 9.77. The van der Waals surface area contributed by atoms with Gasteiger partial charge in [-0.15, -0.1) is 0 Å². The van der Waals surface area contributed by atoms with Crippen LogP contribution >= 0.6 is 0 Å². The number of ether oxygens (including phenoxy) is 1. The van der Waals surface area contributed by atoms with Gasteiger partial charge in [-0.3, -0.25) is 19.7 Å². The molecule has 0 bridgehead atoms. The van der Waals surface area contributed by atoms with E-state index in [1.807, 2.05) is 67.6 Å². The van der Waals surface area contributed by atoms with Gasteiger partial charge in [-0.1, -0.05) is 51.5 Å². The number of pyridine rings is 1. The number of nitrogens with one attached hydrogen (secondary N) is 1. The lowest BCUT2D eigenvalue weighted by Gasteiger charge is -2.70. The Hall–Kier alpha value is -4.01. The van der Waals surface area contributed by atoms with Crippen molar-refractivity contribution in [3.63, 3.8) is 0 Å². The van der Waals surface area contributed by atoms with Crippen molar-refractivity contribution in [2.24, 2.45) is 0 Å².